The molecule has 1 aromatic heterocycles. The third kappa shape index (κ3) is 2.20. The fourth-order valence-corrected chi connectivity index (χ4v) is 3.63. The zero-order valence-electron chi connectivity index (χ0n) is 10.5. The second-order valence-corrected chi connectivity index (χ2v) is 5.88. The van der Waals surface area contributed by atoms with Crippen molar-refractivity contribution in [3.05, 3.63) is 51.5 Å². The summed E-state index contributed by atoms with van der Waals surface area (Å²) in [5.41, 5.74) is 3.76. The predicted molar refractivity (Wildman–Crippen MR) is 74.0 cm³/mol. The molecule has 2 aromatic rings. The van der Waals surface area contributed by atoms with Crippen LogP contribution in [0.2, 0.25) is 0 Å². The van der Waals surface area contributed by atoms with Gasteiger partial charge in [0.15, 0.2) is 0 Å². The SMILES string of the molecule is CC(O)c1csc(C2CCc3ccccc3C2)n1. The summed E-state index contributed by atoms with van der Waals surface area (Å²) >= 11 is 1.69. The molecule has 0 radical (unpaired) electrons. The predicted octanol–water partition coefficient (Wildman–Crippen LogP) is 3.47. The Kier molecular flexibility index (Phi) is 3.18. The maximum absolute atomic E-state index is 9.54. The fraction of sp³-hybridized carbons (Fsp3) is 0.400. The quantitative estimate of drug-likeness (QED) is 0.896. The lowest BCUT2D eigenvalue weighted by molar-refractivity contribution is 0.195. The first-order valence-corrected chi connectivity index (χ1v) is 7.32. The lowest BCUT2D eigenvalue weighted by Gasteiger charge is -2.22. The van der Waals surface area contributed by atoms with Gasteiger partial charge in [-0.3, -0.25) is 0 Å². The van der Waals surface area contributed by atoms with Crippen molar-refractivity contribution in [3.63, 3.8) is 0 Å². The Labute approximate surface area is 111 Å². The van der Waals surface area contributed by atoms with Crippen LogP contribution in [-0.2, 0) is 12.8 Å². The molecular formula is C15H17NOS. The second kappa shape index (κ2) is 4.82. The number of benzene rings is 1. The van der Waals surface area contributed by atoms with Crippen LogP contribution in [0.3, 0.4) is 0 Å². The highest BCUT2D eigenvalue weighted by molar-refractivity contribution is 7.09. The minimum atomic E-state index is -0.453. The molecule has 0 spiro atoms. The van der Waals surface area contributed by atoms with Gasteiger partial charge in [0.2, 0.25) is 0 Å². The van der Waals surface area contributed by atoms with Crippen molar-refractivity contribution in [2.45, 2.75) is 38.2 Å². The van der Waals surface area contributed by atoms with Crippen LogP contribution in [0.1, 0.15) is 47.2 Å². The van der Waals surface area contributed by atoms with Crippen molar-refractivity contribution in [3.8, 4) is 0 Å². The van der Waals surface area contributed by atoms with Gasteiger partial charge in [-0.1, -0.05) is 24.3 Å². The number of nitrogens with zero attached hydrogens (tertiary/aromatic N) is 1. The molecule has 2 nitrogen and oxygen atoms in total. The zero-order chi connectivity index (χ0) is 12.5. The normalized spacial score (nSPS) is 20.4. The first-order valence-electron chi connectivity index (χ1n) is 6.44. The Morgan fingerprint density at radius 3 is 2.83 bits per heavy atom. The lowest BCUT2D eigenvalue weighted by atomic mass is 9.84. The highest BCUT2D eigenvalue weighted by atomic mass is 32.1. The third-order valence-corrected chi connectivity index (χ3v) is 4.69. The number of aromatic nitrogens is 1. The molecular weight excluding hydrogens is 242 g/mol. The van der Waals surface area contributed by atoms with E-state index in [0.29, 0.717) is 5.92 Å². The molecule has 1 heterocycles. The fourth-order valence-electron chi connectivity index (χ4n) is 2.59. The molecule has 0 fully saturated rings. The maximum atomic E-state index is 9.54. The molecule has 0 saturated heterocycles. The molecule has 0 aliphatic heterocycles. The molecule has 1 aromatic carbocycles. The van der Waals surface area contributed by atoms with Crippen LogP contribution in [0.4, 0.5) is 0 Å². The molecule has 3 rings (SSSR count). The van der Waals surface area contributed by atoms with Gasteiger partial charge < -0.3 is 5.11 Å². The van der Waals surface area contributed by atoms with Crippen molar-refractivity contribution in [1.29, 1.82) is 0 Å². The van der Waals surface area contributed by atoms with E-state index in [1.807, 2.05) is 5.38 Å². The van der Waals surface area contributed by atoms with E-state index in [1.165, 1.54) is 22.6 Å². The van der Waals surface area contributed by atoms with Gasteiger partial charge in [-0.05, 0) is 37.3 Å². The zero-order valence-corrected chi connectivity index (χ0v) is 11.3. The summed E-state index contributed by atoms with van der Waals surface area (Å²) in [6, 6.07) is 8.69. The van der Waals surface area contributed by atoms with E-state index in [-0.39, 0.29) is 0 Å². The summed E-state index contributed by atoms with van der Waals surface area (Å²) in [6.07, 6.45) is 2.95. The Balaban J connectivity index is 1.83. The molecule has 0 saturated carbocycles. The number of aliphatic hydroxyl groups is 1. The second-order valence-electron chi connectivity index (χ2n) is 5.00. The summed E-state index contributed by atoms with van der Waals surface area (Å²) in [7, 11) is 0. The van der Waals surface area contributed by atoms with Crippen molar-refractivity contribution in [2.75, 3.05) is 0 Å². The molecule has 2 unspecified atom stereocenters. The summed E-state index contributed by atoms with van der Waals surface area (Å²) in [5.74, 6) is 0.525. The molecule has 1 aliphatic rings. The Bertz CT molecular complexity index is 547. The van der Waals surface area contributed by atoms with E-state index in [4.69, 9.17) is 0 Å². The maximum Gasteiger partial charge on any atom is 0.0963 e. The average Bonchev–Trinajstić information content (AvgIpc) is 2.88. The summed E-state index contributed by atoms with van der Waals surface area (Å²) < 4.78 is 0. The van der Waals surface area contributed by atoms with Crippen LogP contribution in [0.15, 0.2) is 29.6 Å². The molecule has 18 heavy (non-hydrogen) atoms. The number of aliphatic hydroxyl groups excluding tert-OH is 1. The molecule has 1 N–H and O–H groups in total. The van der Waals surface area contributed by atoms with Crippen LogP contribution in [0.25, 0.3) is 0 Å². The number of fused-ring (bicyclic) bond motifs is 1. The van der Waals surface area contributed by atoms with E-state index in [2.05, 4.69) is 29.2 Å². The lowest BCUT2D eigenvalue weighted by Crippen LogP contribution is -2.12. The van der Waals surface area contributed by atoms with Crippen molar-refractivity contribution < 1.29 is 5.11 Å². The largest absolute Gasteiger partial charge is 0.387 e. The van der Waals surface area contributed by atoms with Crippen LogP contribution in [0, 0.1) is 0 Å². The number of hydrogen-bond acceptors (Lipinski definition) is 3. The van der Waals surface area contributed by atoms with Crippen LogP contribution in [0.5, 0.6) is 0 Å². The molecule has 3 heteroatoms. The molecule has 1 aliphatic carbocycles. The van der Waals surface area contributed by atoms with E-state index >= 15 is 0 Å². The topological polar surface area (TPSA) is 33.1 Å². The Morgan fingerprint density at radius 1 is 1.33 bits per heavy atom. The van der Waals surface area contributed by atoms with Gasteiger partial charge >= 0.3 is 0 Å². The first kappa shape index (κ1) is 11.9. The average molecular weight is 259 g/mol. The molecule has 2 atom stereocenters. The number of hydrogen-bond donors (Lipinski definition) is 1. The molecule has 0 bridgehead atoms. The minimum absolute atomic E-state index is 0.453. The summed E-state index contributed by atoms with van der Waals surface area (Å²) in [5, 5.41) is 12.7. The monoisotopic (exact) mass is 259 g/mol. The van der Waals surface area contributed by atoms with Gasteiger partial charge in [-0.15, -0.1) is 11.3 Å². The number of thiazole rings is 1. The van der Waals surface area contributed by atoms with Crippen molar-refractivity contribution in [1.82, 2.24) is 4.98 Å². The van der Waals surface area contributed by atoms with E-state index in [9.17, 15) is 5.11 Å². The first-order chi connectivity index (χ1) is 8.74. The van der Waals surface area contributed by atoms with Gasteiger partial charge in [0.05, 0.1) is 16.8 Å². The standard InChI is InChI=1S/C15H17NOS/c1-10(17)14-9-18-15(16-14)13-7-6-11-4-2-3-5-12(11)8-13/h2-5,9-10,13,17H,6-8H2,1H3. The summed E-state index contributed by atoms with van der Waals surface area (Å²) in [4.78, 5) is 4.57. The van der Waals surface area contributed by atoms with Crippen LogP contribution in [-0.4, -0.2) is 10.1 Å². The van der Waals surface area contributed by atoms with Gasteiger partial charge in [-0.25, -0.2) is 4.98 Å². The third-order valence-electron chi connectivity index (χ3n) is 3.66. The highest BCUT2D eigenvalue weighted by Crippen LogP contribution is 2.34. The highest BCUT2D eigenvalue weighted by Gasteiger charge is 2.22. The van der Waals surface area contributed by atoms with Gasteiger partial charge in [0.25, 0.3) is 0 Å². The number of rotatable bonds is 2. The Morgan fingerprint density at radius 2 is 2.11 bits per heavy atom. The molecule has 94 valence electrons. The van der Waals surface area contributed by atoms with Crippen LogP contribution < -0.4 is 0 Å². The Hall–Kier alpha value is -1.19. The van der Waals surface area contributed by atoms with Crippen molar-refractivity contribution in [2.24, 2.45) is 0 Å². The smallest absolute Gasteiger partial charge is 0.0963 e. The molecule has 0 amide bonds. The van der Waals surface area contributed by atoms with Crippen LogP contribution >= 0.6 is 11.3 Å². The van der Waals surface area contributed by atoms with Gasteiger partial charge in [-0.2, -0.15) is 0 Å². The van der Waals surface area contributed by atoms with Crippen molar-refractivity contribution >= 4 is 11.3 Å². The number of aryl methyl sites for hydroxylation is 1. The van der Waals surface area contributed by atoms with Gasteiger partial charge in [0, 0.05) is 11.3 Å². The summed E-state index contributed by atoms with van der Waals surface area (Å²) in [6.45, 7) is 1.77. The minimum Gasteiger partial charge on any atom is -0.387 e. The van der Waals surface area contributed by atoms with E-state index in [0.717, 1.165) is 18.5 Å². The van der Waals surface area contributed by atoms with Gasteiger partial charge in [0.1, 0.15) is 0 Å². The van der Waals surface area contributed by atoms with E-state index in [1.54, 1.807) is 18.3 Å². The van der Waals surface area contributed by atoms with E-state index < -0.39 is 6.10 Å².